The van der Waals surface area contributed by atoms with Crippen molar-refractivity contribution in [1.29, 1.82) is 0 Å². The maximum Gasteiger partial charge on any atom is 0.339 e. The van der Waals surface area contributed by atoms with Gasteiger partial charge in [-0.1, -0.05) is 24.6 Å². The standard InChI is InChI=1S/C23H25FN2O9S/c24-18-7-2-1-5-15(18)16(21(29)26-19(10-12-27)23(32)33)6-3-4-11-25-36(34,35)14-8-9-20(28)17(13-14)22(30)31/h1-2,5,7-9,12-13,16,19,25,28H,3-4,6,10-11H2,(H,26,29)(H,30,31)(H,32,33)/t16?,19-/m0/s1. The number of aromatic hydroxyl groups is 1. The second-order valence-corrected chi connectivity index (χ2v) is 9.52. The van der Waals surface area contributed by atoms with Crippen molar-refractivity contribution in [1.82, 2.24) is 10.0 Å². The van der Waals surface area contributed by atoms with E-state index in [1.54, 1.807) is 0 Å². The number of halogens is 1. The number of rotatable bonds is 14. The Labute approximate surface area is 206 Å². The summed E-state index contributed by atoms with van der Waals surface area (Å²) in [6.07, 6.45) is 0.364. The number of benzene rings is 2. The zero-order valence-corrected chi connectivity index (χ0v) is 19.7. The summed E-state index contributed by atoms with van der Waals surface area (Å²) in [6, 6.07) is 6.79. The van der Waals surface area contributed by atoms with Crippen LogP contribution in [0.5, 0.6) is 5.75 Å². The van der Waals surface area contributed by atoms with Crippen molar-refractivity contribution in [2.24, 2.45) is 0 Å². The van der Waals surface area contributed by atoms with Gasteiger partial charge in [0.2, 0.25) is 15.9 Å². The van der Waals surface area contributed by atoms with Crippen molar-refractivity contribution in [2.45, 2.75) is 42.5 Å². The first-order chi connectivity index (χ1) is 17.0. The number of carbonyl (C=O) groups is 4. The van der Waals surface area contributed by atoms with Crippen molar-refractivity contribution in [3.63, 3.8) is 0 Å². The molecule has 13 heteroatoms. The smallest absolute Gasteiger partial charge is 0.339 e. The first kappa shape index (κ1) is 28.4. The summed E-state index contributed by atoms with van der Waals surface area (Å²) in [5.41, 5.74) is -0.554. The van der Waals surface area contributed by atoms with Crippen molar-refractivity contribution in [2.75, 3.05) is 6.54 Å². The molecular weight excluding hydrogens is 499 g/mol. The van der Waals surface area contributed by atoms with Gasteiger partial charge < -0.3 is 25.4 Å². The Morgan fingerprint density at radius 1 is 1.06 bits per heavy atom. The molecule has 0 aliphatic heterocycles. The lowest BCUT2D eigenvalue weighted by atomic mass is 9.91. The van der Waals surface area contributed by atoms with Crippen LogP contribution in [0.15, 0.2) is 47.4 Å². The highest BCUT2D eigenvalue weighted by atomic mass is 32.2. The van der Waals surface area contributed by atoms with E-state index in [1.807, 2.05) is 0 Å². The van der Waals surface area contributed by atoms with Crippen LogP contribution in [0.25, 0.3) is 0 Å². The molecule has 0 radical (unpaired) electrons. The summed E-state index contributed by atoms with van der Waals surface area (Å²) in [5.74, 6) is -6.07. The molecule has 11 nitrogen and oxygen atoms in total. The molecule has 2 aromatic carbocycles. The molecule has 0 aliphatic carbocycles. The Bertz CT molecular complexity index is 1230. The minimum Gasteiger partial charge on any atom is -0.507 e. The quantitative estimate of drug-likeness (QED) is 0.181. The number of unbranched alkanes of at least 4 members (excludes halogenated alkanes) is 1. The van der Waals surface area contributed by atoms with Crippen LogP contribution in [0.3, 0.4) is 0 Å². The lowest BCUT2D eigenvalue weighted by molar-refractivity contribution is -0.142. The number of carboxylic acid groups (broad SMARTS) is 2. The molecule has 0 aliphatic rings. The summed E-state index contributed by atoms with van der Waals surface area (Å²) in [5, 5.41) is 30.0. The molecule has 0 heterocycles. The number of aromatic carboxylic acids is 1. The maximum atomic E-state index is 14.4. The highest BCUT2D eigenvalue weighted by Crippen LogP contribution is 2.26. The van der Waals surface area contributed by atoms with Crippen LogP contribution in [0.4, 0.5) is 4.39 Å². The third-order valence-electron chi connectivity index (χ3n) is 5.26. The SMILES string of the molecule is O=CC[C@H](NC(=O)C(CCCCNS(=O)(=O)c1ccc(O)c(C(=O)O)c1)c1ccccc1F)C(=O)O. The topological polar surface area (TPSA) is 187 Å². The fourth-order valence-electron chi connectivity index (χ4n) is 3.39. The number of hydrogen-bond acceptors (Lipinski definition) is 7. The lowest BCUT2D eigenvalue weighted by Gasteiger charge is -2.20. The zero-order valence-electron chi connectivity index (χ0n) is 18.9. The van der Waals surface area contributed by atoms with Gasteiger partial charge in [-0.2, -0.15) is 0 Å². The number of hydrogen-bond donors (Lipinski definition) is 5. The fourth-order valence-corrected chi connectivity index (χ4v) is 4.49. The molecule has 0 aromatic heterocycles. The maximum absolute atomic E-state index is 14.4. The number of aliphatic carboxylic acids is 1. The van der Waals surface area contributed by atoms with E-state index in [1.165, 1.54) is 18.2 Å². The van der Waals surface area contributed by atoms with E-state index in [0.29, 0.717) is 6.29 Å². The Balaban J connectivity index is 2.05. The molecule has 0 fully saturated rings. The summed E-state index contributed by atoms with van der Waals surface area (Å²) >= 11 is 0. The Morgan fingerprint density at radius 3 is 2.36 bits per heavy atom. The molecule has 0 saturated carbocycles. The molecule has 0 bridgehead atoms. The second-order valence-electron chi connectivity index (χ2n) is 7.75. The molecule has 1 unspecified atom stereocenters. The third-order valence-corrected chi connectivity index (χ3v) is 6.72. The van der Waals surface area contributed by atoms with Gasteiger partial charge in [-0.25, -0.2) is 27.1 Å². The lowest BCUT2D eigenvalue weighted by Crippen LogP contribution is -2.43. The van der Waals surface area contributed by atoms with Crippen LogP contribution >= 0.6 is 0 Å². The molecule has 2 rings (SSSR count). The Morgan fingerprint density at radius 2 is 1.75 bits per heavy atom. The van der Waals surface area contributed by atoms with Crippen molar-refractivity contribution in [3.05, 3.63) is 59.4 Å². The van der Waals surface area contributed by atoms with E-state index in [0.717, 1.165) is 24.3 Å². The number of phenols is 1. The van der Waals surface area contributed by atoms with Gasteiger partial charge in [0.1, 0.15) is 29.5 Å². The van der Waals surface area contributed by atoms with E-state index in [4.69, 9.17) is 5.11 Å². The van der Waals surface area contributed by atoms with Crippen LogP contribution < -0.4 is 10.0 Å². The summed E-state index contributed by atoms with van der Waals surface area (Å²) in [4.78, 5) is 45.5. The van der Waals surface area contributed by atoms with Gasteiger partial charge in [0, 0.05) is 18.5 Å². The minimum atomic E-state index is -4.10. The molecule has 194 valence electrons. The average molecular weight is 525 g/mol. The Hall–Kier alpha value is -3.84. The fraction of sp³-hybridized carbons (Fsp3) is 0.304. The summed E-state index contributed by atoms with van der Waals surface area (Å²) < 4.78 is 41.6. The van der Waals surface area contributed by atoms with Crippen molar-refractivity contribution in [3.8, 4) is 5.75 Å². The van der Waals surface area contributed by atoms with Gasteiger partial charge in [-0.05, 0) is 37.1 Å². The van der Waals surface area contributed by atoms with Crippen LogP contribution in [0.1, 0.15) is 47.5 Å². The van der Waals surface area contributed by atoms with Crippen LogP contribution in [0, 0.1) is 5.82 Å². The van der Waals surface area contributed by atoms with Gasteiger partial charge in [0.05, 0.1) is 10.8 Å². The predicted octanol–water partition coefficient (Wildman–Crippen LogP) is 1.62. The molecule has 2 atom stereocenters. The third kappa shape index (κ3) is 7.58. The number of carbonyl (C=O) groups excluding carboxylic acids is 2. The minimum absolute atomic E-state index is 0.0242. The highest BCUT2D eigenvalue weighted by Gasteiger charge is 2.28. The normalized spacial score (nSPS) is 12.9. The number of nitrogens with one attached hydrogen (secondary N) is 2. The number of carboxylic acids is 2. The van der Waals surface area contributed by atoms with Crippen molar-refractivity contribution >= 4 is 34.2 Å². The molecule has 0 spiro atoms. The van der Waals surface area contributed by atoms with E-state index < -0.39 is 63.4 Å². The van der Waals surface area contributed by atoms with E-state index in [2.05, 4.69) is 10.0 Å². The summed E-state index contributed by atoms with van der Waals surface area (Å²) in [7, 11) is -4.10. The first-order valence-electron chi connectivity index (χ1n) is 10.7. The van der Waals surface area contributed by atoms with Crippen LogP contribution in [-0.2, 0) is 24.4 Å². The predicted molar refractivity (Wildman–Crippen MR) is 123 cm³/mol. The number of amides is 1. The molecular formula is C23H25FN2O9S. The van der Waals surface area contributed by atoms with Crippen molar-refractivity contribution < 1.29 is 47.3 Å². The largest absolute Gasteiger partial charge is 0.507 e. The van der Waals surface area contributed by atoms with E-state index in [-0.39, 0.29) is 36.3 Å². The van der Waals surface area contributed by atoms with Gasteiger partial charge in [-0.3, -0.25) is 4.79 Å². The van der Waals surface area contributed by atoms with Gasteiger partial charge in [0.15, 0.2) is 0 Å². The van der Waals surface area contributed by atoms with Gasteiger partial charge in [-0.15, -0.1) is 0 Å². The monoisotopic (exact) mass is 524 g/mol. The van der Waals surface area contributed by atoms with Gasteiger partial charge in [0.25, 0.3) is 0 Å². The zero-order chi connectivity index (χ0) is 26.9. The first-order valence-corrected chi connectivity index (χ1v) is 12.2. The molecule has 0 saturated heterocycles. The molecule has 36 heavy (non-hydrogen) atoms. The molecule has 1 amide bonds. The highest BCUT2D eigenvalue weighted by molar-refractivity contribution is 7.89. The van der Waals surface area contributed by atoms with E-state index in [9.17, 15) is 42.2 Å². The number of sulfonamides is 1. The molecule has 2 aromatic rings. The molecule has 5 N–H and O–H groups in total. The Kier molecular flexibility index (Phi) is 10.1. The van der Waals surface area contributed by atoms with Gasteiger partial charge >= 0.3 is 11.9 Å². The van der Waals surface area contributed by atoms with Crippen LogP contribution in [0.2, 0.25) is 0 Å². The average Bonchev–Trinajstić information content (AvgIpc) is 2.81. The number of aldehydes is 1. The summed E-state index contributed by atoms with van der Waals surface area (Å²) in [6.45, 7) is -0.0971. The second kappa shape index (κ2) is 12.7. The van der Waals surface area contributed by atoms with E-state index >= 15 is 0 Å². The van der Waals surface area contributed by atoms with Crippen LogP contribution in [-0.4, -0.2) is 60.5 Å².